The van der Waals surface area contributed by atoms with Crippen LogP contribution in [-0.2, 0) is 0 Å². The van der Waals surface area contributed by atoms with Crippen molar-refractivity contribution in [3.63, 3.8) is 0 Å². The summed E-state index contributed by atoms with van der Waals surface area (Å²) in [5.74, 6) is -0.607. The van der Waals surface area contributed by atoms with Crippen LogP contribution in [-0.4, -0.2) is 30.1 Å². The van der Waals surface area contributed by atoms with E-state index in [1.54, 1.807) is 30.3 Å². The largest absolute Gasteiger partial charge is 0.492 e. The van der Waals surface area contributed by atoms with Crippen molar-refractivity contribution in [3.8, 4) is 5.75 Å². The van der Waals surface area contributed by atoms with Crippen molar-refractivity contribution in [3.05, 3.63) is 64.1 Å². The molecule has 0 heterocycles. The zero-order chi connectivity index (χ0) is 15.9. The SMILES string of the molecule is O=C(O)c1ccc(OCCNC(=O)c2ccccc2Br)cc1. The molecule has 0 aromatic heterocycles. The predicted octanol–water partition coefficient (Wildman–Crippen LogP) is 2.96. The fraction of sp³-hybridized carbons (Fsp3) is 0.125. The normalized spacial score (nSPS) is 10.0. The summed E-state index contributed by atoms with van der Waals surface area (Å²) in [6.45, 7) is 0.642. The molecule has 1 amide bonds. The molecule has 0 aliphatic carbocycles. The highest BCUT2D eigenvalue weighted by molar-refractivity contribution is 9.10. The van der Waals surface area contributed by atoms with Gasteiger partial charge in [0, 0.05) is 4.47 Å². The van der Waals surface area contributed by atoms with Gasteiger partial charge in [0.1, 0.15) is 12.4 Å². The number of ether oxygens (including phenoxy) is 1. The van der Waals surface area contributed by atoms with Crippen LogP contribution >= 0.6 is 15.9 Å². The van der Waals surface area contributed by atoms with Crippen LogP contribution in [0, 0.1) is 0 Å². The number of carboxylic acid groups (broad SMARTS) is 1. The number of nitrogens with one attached hydrogen (secondary N) is 1. The molecule has 114 valence electrons. The topological polar surface area (TPSA) is 75.6 Å². The van der Waals surface area contributed by atoms with Crippen molar-refractivity contribution in [2.45, 2.75) is 0 Å². The number of amides is 1. The maximum atomic E-state index is 11.9. The number of benzene rings is 2. The van der Waals surface area contributed by atoms with Crippen molar-refractivity contribution in [2.75, 3.05) is 13.2 Å². The van der Waals surface area contributed by atoms with E-state index in [1.165, 1.54) is 12.1 Å². The van der Waals surface area contributed by atoms with E-state index in [4.69, 9.17) is 9.84 Å². The molecule has 22 heavy (non-hydrogen) atoms. The number of carbonyl (C=O) groups is 2. The minimum atomic E-state index is -0.979. The summed E-state index contributed by atoms with van der Waals surface area (Å²) in [7, 11) is 0. The second-order valence-electron chi connectivity index (χ2n) is 4.41. The number of aromatic carboxylic acids is 1. The number of rotatable bonds is 6. The summed E-state index contributed by atoms with van der Waals surface area (Å²) in [4.78, 5) is 22.7. The summed E-state index contributed by atoms with van der Waals surface area (Å²) < 4.78 is 6.17. The Balaban J connectivity index is 1.78. The number of halogens is 1. The molecule has 0 aliphatic rings. The molecule has 0 spiro atoms. The lowest BCUT2D eigenvalue weighted by Gasteiger charge is -2.09. The first kappa shape index (κ1) is 16.0. The molecular weight excluding hydrogens is 350 g/mol. The molecule has 0 saturated heterocycles. The highest BCUT2D eigenvalue weighted by Crippen LogP contribution is 2.15. The van der Waals surface area contributed by atoms with Crippen molar-refractivity contribution >= 4 is 27.8 Å². The fourth-order valence-electron chi connectivity index (χ4n) is 1.77. The average molecular weight is 364 g/mol. The molecule has 0 bridgehead atoms. The van der Waals surface area contributed by atoms with Crippen LogP contribution in [0.25, 0.3) is 0 Å². The first-order valence-corrected chi connectivity index (χ1v) is 7.36. The average Bonchev–Trinajstić information content (AvgIpc) is 2.52. The van der Waals surface area contributed by atoms with E-state index >= 15 is 0 Å². The zero-order valence-electron chi connectivity index (χ0n) is 11.6. The fourth-order valence-corrected chi connectivity index (χ4v) is 2.23. The Labute approximate surface area is 136 Å². The Morgan fingerprint density at radius 3 is 2.41 bits per heavy atom. The van der Waals surface area contributed by atoms with Gasteiger partial charge in [0.15, 0.2) is 0 Å². The molecule has 0 saturated carbocycles. The molecule has 2 aromatic carbocycles. The Hall–Kier alpha value is -2.34. The third-order valence-corrected chi connectivity index (χ3v) is 3.57. The highest BCUT2D eigenvalue weighted by atomic mass is 79.9. The Bertz CT molecular complexity index is 670. The van der Waals surface area contributed by atoms with Crippen LogP contribution in [0.4, 0.5) is 0 Å². The van der Waals surface area contributed by atoms with Crippen molar-refractivity contribution in [1.29, 1.82) is 0 Å². The van der Waals surface area contributed by atoms with E-state index in [2.05, 4.69) is 21.2 Å². The Morgan fingerprint density at radius 2 is 1.77 bits per heavy atom. The van der Waals surface area contributed by atoms with Crippen molar-refractivity contribution in [1.82, 2.24) is 5.32 Å². The maximum absolute atomic E-state index is 11.9. The van der Waals surface area contributed by atoms with E-state index < -0.39 is 5.97 Å². The molecule has 0 fully saturated rings. The lowest BCUT2D eigenvalue weighted by Crippen LogP contribution is -2.28. The van der Waals surface area contributed by atoms with E-state index in [0.29, 0.717) is 24.5 Å². The van der Waals surface area contributed by atoms with Gasteiger partial charge in [-0.3, -0.25) is 4.79 Å². The second-order valence-corrected chi connectivity index (χ2v) is 5.27. The van der Waals surface area contributed by atoms with E-state index in [-0.39, 0.29) is 11.5 Å². The van der Waals surface area contributed by atoms with Gasteiger partial charge in [-0.2, -0.15) is 0 Å². The molecule has 2 N–H and O–H groups in total. The minimum Gasteiger partial charge on any atom is -0.492 e. The predicted molar refractivity (Wildman–Crippen MR) is 85.4 cm³/mol. The van der Waals surface area contributed by atoms with E-state index in [0.717, 1.165) is 4.47 Å². The first-order chi connectivity index (χ1) is 10.6. The highest BCUT2D eigenvalue weighted by Gasteiger charge is 2.08. The summed E-state index contributed by atoms with van der Waals surface area (Å²) in [5.41, 5.74) is 0.767. The van der Waals surface area contributed by atoms with Crippen LogP contribution in [0.15, 0.2) is 53.0 Å². The second kappa shape index (κ2) is 7.61. The van der Waals surface area contributed by atoms with Gasteiger partial charge in [-0.05, 0) is 52.3 Å². The molecule has 0 aliphatic heterocycles. The number of hydrogen-bond donors (Lipinski definition) is 2. The van der Waals surface area contributed by atoms with Crippen LogP contribution in [0.1, 0.15) is 20.7 Å². The van der Waals surface area contributed by atoms with Crippen molar-refractivity contribution in [2.24, 2.45) is 0 Å². The van der Waals surface area contributed by atoms with Gasteiger partial charge in [0.05, 0.1) is 17.7 Å². The summed E-state index contributed by atoms with van der Waals surface area (Å²) in [6.07, 6.45) is 0. The minimum absolute atomic E-state index is 0.183. The van der Waals surface area contributed by atoms with Crippen LogP contribution in [0.3, 0.4) is 0 Å². The van der Waals surface area contributed by atoms with Crippen LogP contribution in [0.5, 0.6) is 5.75 Å². The molecule has 2 rings (SSSR count). The van der Waals surface area contributed by atoms with Gasteiger partial charge in [0.25, 0.3) is 5.91 Å². The number of carbonyl (C=O) groups excluding carboxylic acids is 1. The molecule has 6 heteroatoms. The Morgan fingerprint density at radius 1 is 1.09 bits per heavy atom. The van der Waals surface area contributed by atoms with Gasteiger partial charge in [0.2, 0.25) is 0 Å². The lowest BCUT2D eigenvalue weighted by molar-refractivity contribution is 0.0696. The van der Waals surface area contributed by atoms with Gasteiger partial charge < -0.3 is 15.2 Å². The monoisotopic (exact) mass is 363 g/mol. The van der Waals surface area contributed by atoms with Crippen LogP contribution in [0.2, 0.25) is 0 Å². The Kier molecular flexibility index (Phi) is 5.55. The molecule has 0 unspecified atom stereocenters. The molecular formula is C16H14BrNO4. The molecule has 0 radical (unpaired) electrons. The van der Waals surface area contributed by atoms with Gasteiger partial charge >= 0.3 is 5.97 Å². The maximum Gasteiger partial charge on any atom is 0.335 e. The zero-order valence-corrected chi connectivity index (χ0v) is 13.2. The molecule has 5 nitrogen and oxygen atoms in total. The van der Waals surface area contributed by atoms with Crippen molar-refractivity contribution < 1.29 is 19.4 Å². The number of hydrogen-bond acceptors (Lipinski definition) is 3. The van der Waals surface area contributed by atoms with Gasteiger partial charge in [-0.1, -0.05) is 12.1 Å². The third-order valence-electron chi connectivity index (χ3n) is 2.88. The van der Waals surface area contributed by atoms with Crippen LogP contribution < -0.4 is 10.1 Å². The first-order valence-electron chi connectivity index (χ1n) is 6.57. The van der Waals surface area contributed by atoms with Gasteiger partial charge in [-0.25, -0.2) is 4.79 Å². The quantitative estimate of drug-likeness (QED) is 0.773. The smallest absolute Gasteiger partial charge is 0.335 e. The standard InChI is InChI=1S/C16H14BrNO4/c17-14-4-2-1-3-13(14)15(19)18-9-10-22-12-7-5-11(6-8-12)16(20)21/h1-8H,9-10H2,(H,18,19)(H,20,21). The number of carboxylic acids is 1. The molecule has 2 aromatic rings. The summed E-state index contributed by atoms with van der Waals surface area (Å²) in [5, 5.41) is 11.5. The van der Waals surface area contributed by atoms with E-state index in [1.807, 2.05) is 6.07 Å². The third kappa shape index (κ3) is 4.33. The van der Waals surface area contributed by atoms with Gasteiger partial charge in [-0.15, -0.1) is 0 Å². The van der Waals surface area contributed by atoms with E-state index in [9.17, 15) is 9.59 Å². The summed E-state index contributed by atoms with van der Waals surface area (Å²) >= 11 is 3.32. The molecule has 0 atom stereocenters. The lowest BCUT2D eigenvalue weighted by atomic mass is 10.2. The summed E-state index contributed by atoms with van der Waals surface area (Å²) in [6, 6.07) is 13.3.